The Hall–Kier alpha value is -1.53. The highest BCUT2D eigenvalue weighted by Gasteiger charge is 2.06. The van der Waals surface area contributed by atoms with Gasteiger partial charge in [0, 0.05) is 23.8 Å². The van der Waals surface area contributed by atoms with E-state index in [1.165, 1.54) is 11.0 Å². The average Bonchev–Trinajstić information content (AvgIpc) is 2.90. The van der Waals surface area contributed by atoms with Crippen molar-refractivity contribution in [1.29, 1.82) is 0 Å². The van der Waals surface area contributed by atoms with Crippen molar-refractivity contribution in [3.05, 3.63) is 39.7 Å². The van der Waals surface area contributed by atoms with Crippen molar-refractivity contribution in [1.82, 2.24) is 9.78 Å². The van der Waals surface area contributed by atoms with Crippen molar-refractivity contribution in [3.63, 3.8) is 0 Å². The van der Waals surface area contributed by atoms with Crippen LogP contribution in [0.2, 0.25) is 0 Å². The molecule has 19 heavy (non-hydrogen) atoms. The summed E-state index contributed by atoms with van der Waals surface area (Å²) in [6, 6.07) is 3.99. The number of carboxylic acid groups (broad SMARTS) is 1. The maximum Gasteiger partial charge on any atom is 0.328 e. The predicted molar refractivity (Wildman–Crippen MR) is 78.5 cm³/mol. The Labute approximate surface area is 119 Å². The zero-order valence-corrected chi connectivity index (χ0v) is 12.3. The highest BCUT2D eigenvalue weighted by molar-refractivity contribution is 7.98. The van der Waals surface area contributed by atoms with E-state index in [1.807, 2.05) is 36.2 Å². The lowest BCUT2D eigenvalue weighted by atomic mass is 10.2. The van der Waals surface area contributed by atoms with E-state index in [-0.39, 0.29) is 0 Å². The molecular weight excluding hydrogens is 280 g/mol. The zero-order valence-electron chi connectivity index (χ0n) is 10.7. The third-order valence-electron chi connectivity index (χ3n) is 2.50. The van der Waals surface area contributed by atoms with Crippen molar-refractivity contribution >= 4 is 35.1 Å². The summed E-state index contributed by atoms with van der Waals surface area (Å²) < 4.78 is 1.86. The monoisotopic (exact) mass is 294 g/mol. The van der Waals surface area contributed by atoms with Crippen molar-refractivity contribution < 1.29 is 9.90 Å². The Balaban J connectivity index is 2.06. The van der Waals surface area contributed by atoms with Crippen molar-refractivity contribution in [2.45, 2.75) is 17.7 Å². The molecule has 0 radical (unpaired) electrons. The fourth-order valence-electron chi connectivity index (χ4n) is 1.64. The molecule has 0 bridgehead atoms. The number of hydrogen-bond acceptors (Lipinski definition) is 4. The Bertz CT molecular complexity index is 614. The number of aliphatic carboxylic acids is 1. The summed E-state index contributed by atoms with van der Waals surface area (Å²) in [6.45, 7) is 1.97. The molecular formula is C13H14N2O2S2. The Morgan fingerprint density at radius 1 is 1.63 bits per heavy atom. The fourth-order valence-corrected chi connectivity index (χ4v) is 3.67. The molecule has 6 heteroatoms. The molecule has 0 saturated carbocycles. The lowest BCUT2D eigenvalue weighted by Crippen LogP contribution is -1.92. The molecule has 0 aliphatic heterocycles. The van der Waals surface area contributed by atoms with E-state index in [0.29, 0.717) is 0 Å². The van der Waals surface area contributed by atoms with Gasteiger partial charge in [0.25, 0.3) is 0 Å². The largest absolute Gasteiger partial charge is 0.478 e. The SMILES string of the molecule is Cc1cc(SCc2sccc2C=CC(=O)O)n(C)n1. The second kappa shape index (κ2) is 6.08. The third kappa shape index (κ3) is 3.71. The number of nitrogens with zero attached hydrogens (tertiary/aromatic N) is 2. The highest BCUT2D eigenvalue weighted by Crippen LogP contribution is 2.28. The molecule has 2 rings (SSSR count). The van der Waals surface area contributed by atoms with Gasteiger partial charge in [-0.05, 0) is 36.1 Å². The molecule has 2 aromatic rings. The minimum Gasteiger partial charge on any atom is -0.478 e. The molecule has 0 aliphatic rings. The first-order chi connectivity index (χ1) is 9.06. The number of hydrogen-bond donors (Lipinski definition) is 1. The maximum atomic E-state index is 10.5. The second-order valence-corrected chi connectivity index (χ2v) is 6.00. The van der Waals surface area contributed by atoms with Crippen LogP contribution in [0.15, 0.2) is 28.6 Å². The molecule has 2 heterocycles. The van der Waals surface area contributed by atoms with Crippen molar-refractivity contribution in [2.75, 3.05) is 0 Å². The number of carbonyl (C=O) groups is 1. The summed E-state index contributed by atoms with van der Waals surface area (Å²) in [5.41, 5.74) is 1.97. The predicted octanol–water partition coefficient (Wildman–Crippen LogP) is 3.18. The van der Waals surface area contributed by atoms with Gasteiger partial charge in [0.05, 0.1) is 10.7 Å². The Morgan fingerprint density at radius 2 is 2.42 bits per heavy atom. The maximum absolute atomic E-state index is 10.5. The summed E-state index contributed by atoms with van der Waals surface area (Å²) in [5, 5.41) is 16.0. The van der Waals surface area contributed by atoms with Crippen LogP contribution in [0.4, 0.5) is 0 Å². The van der Waals surface area contributed by atoms with E-state index in [1.54, 1.807) is 29.2 Å². The summed E-state index contributed by atoms with van der Waals surface area (Å²) in [4.78, 5) is 11.7. The van der Waals surface area contributed by atoms with E-state index >= 15 is 0 Å². The molecule has 2 aromatic heterocycles. The zero-order chi connectivity index (χ0) is 13.8. The van der Waals surface area contributed by atoms with E-state index in [0.717, 1.165) is 22.0 Å². The van der Waals surface area contributed by atoms with Crippen molar-refractivity contribution in [3.8, 4) is 0 Å². The van der Waals surface area contributed by atoms with Crippen LogP contribution in [0.25, 0.3) is 6.08 Å². The summed E-state index contributed by atoms with van der Waals surface area (Å²) in [6.07, 6.45) is 2.81. The minimum atomic E-state index is -0.924. The Kier molecular flexibility index (Phi) is 4.44. The minimum absolute atomic E-state index is 0.815. The van der Waals surface area contributed by atoms with Gasteiger partial charge in [0.1, 0.15) is 0 Å². The molecule has 100 valence electrons. The standard InChI is InChI=1S/C13H14N2O2S2/c1-9-7-12(15(2)14-9)19-8-11-10(5-6-18-11)3-4-13(16)17/h3-7H,8H2,1-2H3,(H,16,17). The first-order valence-electron chi connectivity index (χ1n) is 5.67. The van der Waals surface area contributed by atoms with Crippen molar-refractivity contribution in [2.24, 2.45) is 7.05 Å². The van der Waals surface area contributed by atoms with Gasteiger partial charge in [-0.1, -0.05) is 0 Å². The number of rotatable bonds is 5. The van der Waals surface area contributed by atoms with Crippen LogP contribution < -0.4 is 0 Å². The number of aromatic nitrogens is 2. The average molecular weight is 294 g/mol. The van der Waals surface area contributed by atoms with E-state index in [2.05, 4.69) is 5.10 Å². The van der Waals surface area contributed by atoms with E-state index in [4.69, 9.17) is 5.11 Å². The van der Waals surface area contributed by atoms with Gasteiger partial charge in [-0.3, -0.25) is 4.68 Å². The normalized spacial score (nSPS) is 11.3. The van der Waals surface area contributed by atoms with Crippen LogP contribution in [0.3, 0.4) is 0 Å². The van der Waals surface area contributed by atoms with Crippen LogP contribution in [0.1, 0.15) is 16.1 Å². The van der Waals surface area contributed by atoms with E-state index in [9.17, 15) is 4.79 Å². The molecule has 0 amide bonds. The van der Waals surface area contributed by atoms with Gasteiger partial charge in [0.15, 0.2) is 0 Å². The molecule has 0 aliphatic carbocycles. The number of thiophene rings is 1. The van der Waals surface area contributed by atoms with Gasteiger partial charge in [-0.25, -0.2) is 4.79 Å². The molecule has 0 saturated heterocycles. The van der Waals surface area contributed by atoms with Crippen LogP contribution in [-0.4, -0.2) is 20.9 Å². The van der Waals surface area contributed by atoms with Gasteiger partial charge >= 0.3 is 5.97 Å². The molecule has 0 atom stereocenters. The molecule has 0 spiro atoms. The van der Waals surface area contributed by atoms with Crippen LogP contribution >= 0.6 is 23.1 Å². The summed E-state index contributed by atoms with van der Waals surface area (Å²) >= 11 is 3.34. The number of carboxylic acids is 1. The number of aryl methyl sites for hydroxylation is 2. The van der Waals surface area contributed by atoms with E-state index < -0.39 is 5.97 Å². The Morgan fingerprint density at radius 3 is 3.05 bits per heavy atom. The second-order valence-electron chi connectivity index (χ2n) is 4.01. The summed E-state index contributed by atoms with van der Waals surface area (Å²) in [5.74, 6) is -0.109. The molecule has 0 aromatic carbocycles. The molecule has 0 fully saturated rings. The van der Waals surface area contributed by atoms with Crippen LogP contribution in [0.5, 0.6) is 0 Å². The van der Waals surface area contributed by atoms with Gasteiger partial charge in [-0.2, -0.15) is 5.10 Å². The first kappa shape index (κ1) is 13.9. The lowest BCUT2D eigenvalue weighted by Gasteiger charge is -2.01. The van der Waals surface area contributed by atoms with Crippen LogP contribution in [-0.2, 0) is 17.6 Å². The van der Waals surface area contributed by atoms with Crippen LogP contribution in [0, 0.1) is 6.92 Å². The van der Waals surface area contributed by atoms with Gasteiger partial charge in [-0.15, -0.1) is 23.1 Å². The van der Waals surface area contributed by atoms with Gasteiger partial charge in [0.2, 0.25) is 0 Å². The fraction of sp³-hybridized carbons (Fsp3) is 0.231. The smallest absolute Gasteiger partial charge is 0.328 e. The lowest BCUT2D eigenvalue weighted by molar-refractivity contribution is -0.131. The third-order valence-corrected chi connectivity index (χ3v) is 4.73. The topological polar surface area (TPSA) is 55.1 Å². The number of thioether (sulfide) groups is 1. The summed E-state index contributed by atoms with van der Waals surface area (Å²) in [7, 11) is 1.93. The highest BCUT2D eigenvalue weighted by atomic mass is 32.2. The van der Waals surface area contributed by atoms with Gasteiger partial charge < -0.3 is 5.11 Å². The first-order valence-corrected chi connectivity index (χ1v) is 7.53. The quantitative estimate of drug-likeness (QED) is 0.680. The molecule has 1 N–H and O–H groups in total. The molecule has 0 unspecified atom stereocenters. The molecule has 4 nitrogen and oxygen atoms in total.